The van der Waals surface area contributed by atoms with Crippen molar-refractivity contribution in [1.29, 1.82) is 0 Å². The summed E-state index contributed by atoms with van der Waals surface area (Å²) in [5.74, 6) is 3.84. The Kier molecular flexibility index (Phi) is 5.94. The maximum absolute atomic E-state index is 10.9. The molecule has 0 aliphatic rings. The molecule has 27 heavy (non-hydrogen) atoms. The van der Waals surface area contributed by atoms with Gasteiger partial charge in [0.05, 0.1) is 5.69 Å². The molecule has 4 heteroatoms. The zero-order valence-corrected chi connectivity index (χ0v) is 17.9. The van der Waals surface area contributed by atoms with Crippen molar-refractivity contribution >= 4 is 0 Å². The molecule has 0 unspecified atom stereocenters. The predicted molar refractivity (Wildman–Crippen MR) is 111 cm³/mol. The van der Waals surface area contributed by atoms with Gasteiger partial charge >= 0.3 is 0 Å². The van der Waals surface area contributed by atoms with Crippen LogP contribution in [0.1, 0.15) is 65.3 Å². The van der Waals surface area contributed by atoms with E-state index in [0.717, 1.165) is 35.3 Å². The molecule has 0 aliphatic carbocycles. The van der Waals surface area contributed by atoms with Crippen molar-refractivity contribution in [3.8, 4) is 29.2 Å². The zero-order chi connectivity index (χ0) is 20.4. The molecule has 0 bridgehead atoms. The van der Waals surface area contributed by atoms with E-state index in [1.165, 1.54) is 0 Å². The average Bonchev–Trinajstić information content (AvgIpc) is 3.00. The number of nitrogens with zero attached hydrogens (tertiary/aromatic N) is 2. The number of phenolic OH excluding ortho intramolecular Hbond substituents is 1. The highest BCUT2D eigenvalue weighted by Crippen LogP contribution is 2.41. The number of benzene rings is 1. The van der Waals surface area contributed by atoms with Crippen LogP contribution in [0.5, 0.6) is 5.75 Å². The van der Waals surface area contributed by atoms with Gasteiger partial charge < -0.3 is 14.4 Å². The van der Waals surface area contributed by atoms with Gasteiger partial charge in [0.25, 0.3) is 0 Å². The molecule has 0 aliphatic heterocycles. The van der Waals surface area contributed by atoms with Crippen LogP contribution in [-0.2, 0) is 17.3 Å². The Hall–Kier alpha value is -2.41. The van der Waals surface area contributed by atoms with Gasteiger partial charge in [-0.15, -0.1) is 0 Å². The Labute approximate surface area is 163 Å². The first kappa shape index (κ1) is 20.9. The van der Waals surface area contributed by atoms with Crippen molar-refractivity contribution < 1.29 is 9.52 Å². The first-order valence-electron chi connectivity index (χ1n) is 9.39. The first-order valence-corrected chi connectivity index (χ1v) is 9.39. The summed E-state index contributed by atoms with van der Waals surface area (Å²) in [7, 11) is 1.96. The molecule has 0 fully saturated rings. The molecular weight excluding hydrogens is 336 g/mol. The van der Waals surface area contributed by atoms with Crippen LogP contribution in [0.25, 0.3) is 11.5 Å². The van der Waals surface area contributed by atoms with Gasteiger partial charge in [-0.1, -0.05) is 47.5 Å². The number of rotatable bonds is 4. The summed E-state index contributed by atoms with van der Waals surface area (Å²) in [5, 5.41) is 10.9. The Morgan fingerprint density at radius 3 is 2.11 bits per heavy atom. The largest absolute Gasteiger partial charge is 0.507 e. The topological polar surface area (TPSA) is 49.5 Å². The molecule has 1 aromatic carbocycles. The predicted octanol–water partition coefficient (Wildman–Crippen LogP) is 5.10. The van der Waals surface area contributed by atoms with E-state index in [-0.39, 0.29) is 10.8 Å². The monoisotopic (exact) mass is 368 g/mol. The summed E-state index contributed by atoms with van der Waals surface area (Å²) in [6.07, 6.45) is 2.48. The van der Waals surface area contributed by atoms with E-state index in [1.54, 1.807) is 6.26 Å². The third kappa shape index (κ3) is 5.07. The van der Waals surface area contributed by atoms with E-state index >= 15 is 0 Å². The van der Waals surface area contributed by atoms with Gasteiger partial charge in [0.15, 0.2) is 0 Å². The van der Waals surface area contributed by atoms with Crippen molar-refractivity contribution in [1.82, 2.24) is 9.88 Å². The van der Waals surface area contributed by atoms with E-state index in [2.05, 4.69) is 58.5 Å². The average molecular weight is 369 g/mol. The van der Waals surface area contributed by atoms with Gasteiger partial charge in [0.1, 0.15) is 12.0 Å². The molecule has 2 rings (SSSR count). The van der Waals surface area contributed by atoms with Crippen molar-refractivity contribution in [2.75, 3.05) is 13.6 Å². The smallest absolute Gasteiger partial charge is 0.226 e. The number of phenols is 1. The van der Waals surface area contributed by atoms with Crippen molar-refractivity contribution in [3.63, 3.8) is 0 Å². The van der Waals surface area contributed by atoms with Gasteiger partial charge in [-0.25, -0.2) is 4.98 Å². The minimum Gasteiger partial charge on any atom is -0.507 e. The van der Waals surface area contributed by atoms with Crippen molar-refractivity contribution in [2.45, 2.75) is 65.7 Å². The first-order chi connectivity index (χ1) is 12.4. The molecule has 1 aromatic heterocycles. The quantitative estimate of drug-likeness (QED) is 0.603. The summed E-state index contributed by atoms with van der Waals surface area (Å²) < 4.78 is 5.77. The maximum Gasteiger partial charge on any atom is 0.226 e. The fourth-order valence-electron chi connectivity index (χ4n) is 2.98. The number of aromatic nitrogens is 1. The lowest BCUT2D eigenvalue weighted by Crippen LogP contribution is -2.17. The number of likely N-dealkylation sites (N-methyl/N-ethyl adjacent to an activating group) is 1. The lowest BCUT2D eigenvalue weighted by Gasteiger charge is -2.27. The van der Waals surface area contributed by atoms with Gasteiger partial charge in [0.2, 0.25) is 5.89 Å². The number of aromatic hydroxyl groups is 1. The summed E-state index contributed by atoms with van der Waals surface area (Å²) in [6, 6.07) is 7.00. The van der Waals surface area contributed by atoms with E-state index < -0.39 is 0 Å². The Morgan fingerprint density at radius 1 is 1.07 bits per heavy atom. The molecule has 4 nitrogen and oxygen atoms in total. The third-order valence-corrected chi connectivity index (χ3v) is 4.53. The van der Waals surface area contributed by atoms with Gasteiger partial charge in [0, 0.05) is 42.7 Å². The van der Waals surface area contributed by atoms with Gasteiger partial charge in [-0.2, -0.15) is 0 Å². The molecule has 0 spiro atoms. The second-order valence-electron chi connectivity index (χ2n) is 9.10. The van der Waals surface area contributed by atoms with Gasteiger partial charge in [-0.05, 0) is 29.9 Å². The Morgan fingerprint density at radius 2 is 1.63 bits per heavy atom. The van der Waals surface area contributed by atoms with E-state index in [9.17, 15) is 5.11 Å². The summed E-state index contributed by atoms with van der Waals surface area (Å²) in [4.78, 5) is 6.61. The van der Waals surface area contributed by atoms with Crippen LogP contribution in [-0.4, -0.2) is 28.6 Å². The fourth-order valence-corrected chi connectivity index (χ4v) is 2.98. The molecule has 0 saturated heterocycles. The highest BCUT2D eigenvalue weighted by atomic mass is 16.3. The molecule has 0 radical (unpaired) electrons. The minimum atomic E-state index is -0.183. The molecule has 0 amide bonds. The Bertz CT molecular complexity index is 820. The van der Waals surface area contributed by atoms with Crippen LogP contribution in [0.4, 0.5) is 0 Å². The lowest BCUT2D eigenvalue weighted by molar-refractivity contribution is 0.423. The number of oxazole rings is 1. The van der Waals surface area contributed by atoms with Crippen LogP contribution < -0.4 is 0 Å². The van der Waals surface area contributed by atoms with E-state index in [4.69, 9.17) is 4.42 Å². The summed E-state index contributed by atoms with van der Waals surface area (Å²) in [5.41, 5.74) is 3.24. The summed E-state index contributed by atoms with van der Waals surface area (Å²) >= 11 is 0. The normalized spacial score (nSPS) is 11.9. The molecule has 1 heterocycles. The SMILES string of the molecule is CC#CN(C)CCc1coc(-c2cc(C(C)(C)C)c(O)c(C(C)(C)C)c2)n1. The fraction of sp³-hybridized carbons (Fsp3) is 0.522. The van der Waals surface area contributed by atoms with Crippen molar-refractivity contribution in [3.05, 3.63) is 35.2 Å². The molecule has 2 aromatic rings. The molecule has 1 N–H and O–H groups in total. The van der Waals surface area contributed by atoms with E-state index in [0.29, 0.717) is 11.6 Å². The molecule has 0 atom stereocenters. The van der Waals surface area contributed by atoms with Gasteiger partial charge in [-0.3, -0.25) is 0 Å². The molecule has 0 saturated carbocycles. The summed E-state index contributed by atoms with van der Waals surface area (Å²) in [6.45, 7) is 15.2. The third-order valence-electron chi connectivity index (χ3n) is 4.53. The maximum atomic E-state index is 10.9. The zero-order valence-electron chi connectivity index (χ0n) is 17.9. The number of hydrogen-bond donors (Lipinski definition) is 1. The lowest BCUT2D eigenvalue weighted by atomic mass is 9.78. The standard InChI is InChI=1S/C23H32N2O2/c1-9-11-25(8)12-10-17-15-27-21(24-17)16-13-18(22(2,3)4)20(26)19(14-16)23(5,6)7/h13-15,26H,10,12H2,1-8H3. The number of hydrogen-bond acceptors (Lipinski definition) is 4. The van der Waals surface area contributed by atoms with Crippen molar-refractivity contribution in [2.24, 2.45) is 0 Å². The van der Waals surface area contributed by atoms with Crippen LogP contribution in [0.2, 0.25) is 0 Å². The van der Waals surface area contributed by atoms with E-state index in [1.807, 2.05) is 31.0 Å². The second kappa shape index (κ2) is 7.68. The van der Waals surface area contributed by atoms with Crippen LogP contribution in [0.3, 0.4) is 0 Å². The highest BCUT2D eigenvalue weighted by Gasteiger charge is 2.27. The van der Waals surface area contributed by atoms with Crippen LogP contribution >= 0.6 is 0 Å². The molecule has 146 valence electrons. The van der Waals surface area contributed by atoms with Crippen LogP contribution in [0.15, 0.2) is 22.8 Å². The molecular formula is C23H32N2O2. The second-order valence-corrected chi connectivity index (χ2v) is 9.10. The Balaban J connectivity index is 2.42. The minimum absolute atomic E-state index is 0.183. The van der Waals surface area contributed by atoms with Crippen LogP contribution in [0, 0.1) is 12.0 Å². The highest BCUT2D eigenvalue weighted by molar-refractivity contribution is 5.63.